The summed E-state index contributed by atoms with van der Waals surface area (Å²) in [5.41, 5.74) is 8.43. The quantitative estimate of drug-likeness (QED) is 0.598. The number of rotatable bonds is 7. The van der Waals surface area contributed by atoms with E-state index in [1.54, 1.807) is 0 Å². The maximum Gasteiger partial charge on any atom is 0.237 e. The Morgan fingerprint density at radius 1 is 1.10 bits per heavy atom. The molecule has 8 heteroatoms. The van der Waals surface area contributed by atoms with E-state index in [1.165, 1.54) is 11.3 Å². The summed E-state index contributed by atoms with van der Waals surface area (Å²) in [5.74, 6) is -0.0377. The molecule has 0 unspecified atom stereocenters. The Bertz CT molecular complexity index is 588. The highest BCUT2D eigenvalue weighted by atomic mass is 35.5. The molecule has 0 aliphatic carbocycles. The van der Waals surface area contributed by atoms with Crippen LogP contribution in [0.5, 0.6) is 0 Å². The topological polar surface area (TPSA) is 61.6 Å². The summed E-state index contributed by atoms with van der Waals surface area (Å²) in [6.45, 7) is 14.3. The van der Waals surface area contributed by atoms with E-state index in [4.69, 9.17) is 5.73 Å². The van der Waals surface area contributed by atoms with Crippen molar-refractivity contribution < 1.29 is 4.79 Å². The number of benzene rings is 1. The van der Waals surface area contributed by atoms with Gasteiger partial charge in [0.15, 0.2) is 0 Å². The van der Waals surface area contributed by atoms with Gasteiger partial charge in [0.05, 0.1) is 6.04 Å². The van der Waals surface area contributed by atoms with Crippen molar-refractivity contribution in [1.82, 2.24) is 10.2 Å². The fourth-order valence-electron chi connectivity index (χ4n) is 3.23. The third-order valence-electron chi connectivity index (χ3n) is 5.15. The summed E-state index contributed by atoms with van der Waals surface area (Å²) >= 11 is 0. The molecule has 2 rings (SSSR count). The average Bonchev–Trinajstić information content (AvgIpc) is 2.60. The zero-order valence-corrected chi connectivity index (χ0v) is 20.6. The smallest absolute Gasteiger partial charge is 0.237 e. The van der Waals surface area contributed by atoms with Crippen molar-refractivity contribution in [2.24, 2.45) is 11.1 Å². The van der Waals surface area contributed by atoms with E-state index in [0.29, 0.717) is 6.54 Å². The predicted molar refractivity (Wildman–Crippen MR) is 131 cm³/mol. The van der Waals surface area contributed by atoms with Crippen molar-refractivity contribution in [2.75, 3.05) is 44.2 Å². The van der Waals surface area contributed by atoms with Crippen molar-refractivity contribution in [3.05, 3.63) is 29.8 Å². The van der Waals surface area contributed by atoms with Gasteiger partial charge in [-0.1, -0.05) is 32.9 Å². The minimum atomic E-state index is -0.447. The van der Waals surface area contributed by atoms with Gasteiger partial charge in [-0.05, 0) is 49.4 Å². The minimum Gasteiger partial charge on any atom is -0.369 e. The summed E-state index contributed by atoms with van der Waals surface area (Å²) in [6, 6.07) is 8.30. The molecule has 1 aromatic rings. The van der Waals surface area contributed by atoms with Crippen LogP contribution in [0.25, 0.3) is 0 Å². The average molecular weight is 470 g/mol. The SMILES string of the molecule is Cc1cccc(N2CCN(CCCCNC(=O)[C@@H](N)C(C)(C)C)CC2)c1.Cl.Cl.Cl. The van der Waals surface area contributed by atoms with Gasteiger partial charge in [-0.15, -0.1) is 37.2 Å². The first-order chi connectivity index (χ1) is 12.3. The monoisotopic (exact) mass is 468 g/mol. The largest absolute Gasteiger partial charge is 0.369 e. The number of nitrogens with zero attached hydrogens (tertiary/aromatic N) is 2. The van der Waals surface area contributed by atoms with Crippen LogP contribution in [0.3, 0.4) is 0 Å². The van der Waals surface area contributed by atoms with E-state index in [9.17, 15) is 4.79 Å². The molecule has 1 atom stereocenters. The van der Waals surface area contributed by atoms with Gasteiger partial charge in [0.1, 0.15) is 0 Å². The number of unbranched alkanes of at least 4 members (excludes halogenated alkanes) is 1. The molecule has 170 valence electrons. The molecular weight excluding hydrogens is 431 g/mol. The van der Waals surface area contributed by atoms with E-state index in [0.717, 1.165) is 45.6 Å². The number of piperazine rings is 1. The molecule has 0 bridgehead atoms. The van der Waals surface area contributed by atoms with Gasteiger partial charge in [0.2, 0.25) is 5.91 Å². The van der Waals surface area contributed by atoms with Crippen LogP contribution in [-0.2, 0) is 4.79 Å². The number of carbonyl (C=O) groups excluding carboxylic acids is 1. The van der Waals surface area contributed by atoms with E-state index in [2.05, 4.69) is 46.3 Å². The Morgan fingerprint density at radius 3 is 2.28 bits per heavy atom. The maximum absolute atomic E-state index is 12.0. The first kappa shape index (κ1) is 30.5. The Labute approximate surface area is 195 Å². The molecule has 1 aromatic carbocycles. The summed E-state index contributed by atoms with van der Waals surface area (Å²) in [6.07, 6.45) is 2.11. The highest BCUT2D eigenvalue weighted by molar-refractivity contribution is 5.86. The number of nitrogens with one attached hydrogen (secondary N) is 1. The van der Waals surface area contributed by atoms with Gasteiger partial charge >= 0.3 is 0 Å². The molecule has 1 saturated heterocycles. The van der Waals surface area contributed by atoms with Gasteiger partial charge in [0, 0.05) is 38.4 Å². The molecule has 0 spiro atoms. The van der Waals surface area contributed by atoms with Crippen LogP contribution in [-0.4, -0.2) is 56.1 Å². The van der Waals surface area contributed by atoms with Crippen molar-refractivity contribution in [2.45, 2.75) is 46.6 Å². The molecule has 5 nitrogen and oxygen atoms in total. The van der Waals surface area contributed by atoms with E-state index in [-0.39, 0.29) is 48.5 Å². The number of amides is 1. The molecule has 1 aliphatic rings. The van der Waals surface area contributed by atoms with Gasteiger partial charge in [-0.2, -0.15) is 0 Å². The first-order valence-electron chi connectivity index (χ1n) is 9.84. The van der Waals surface area contributed by atoms with Crippen molar-refractivity contribution >= 4 is 48.8 Å². The molecule has 29 heavy (non-hydrogen) atoms. The van der Waals surface area contributed by atoms with Crippen LogP contribution in [0.4, 0.5) is 5.69 Å². The van der Waals surface area contributed by atoms with E-state index >= 15 is 0 Å². The molecule has 1 aliphatic heterocycles. The van der Waals surface area contributed by atoms with E-state index in [1.807, 2.05) is 20.8 Å². The Hall–Kier alpha value is -0.720. The number of nitrogens with two attached hydrogens (primary N) is 1. The standard InChI is InChI=1S/C21H36N4O.3ClH/c1-17-8-7-9-18(16-17)25-14-12-24(13-15-25)11-6-5-10-23-20(26)19(22)21(2,3)4;;;/h7-9,16,19H,5-6,10-15,22H2,1-4H3,(H,23,26);3*1H/t19-;;;/m1.../s1. The Morgan fingerprint density at radius 2 is 1.72 bits per heavy atom. The summed E-state index contributed by atoms with van der Waals surface area (Å²) < 4.78 is 0. The number of hydrogen-bond acceptors (Lipinski definition) is 4. The summed E-state index contributed by atoms with van der Waals surface area (Å²) in [7, 11) is 0. The maximum atomic E-state index is 12.0. The Balaban J connectivity index is 0. The number of hydrogen-bond donors (Lipinski definition) is 2. The zero-order valence-electron chi connectivity index (χ0n) is 18.1. The first-order valence-corrected chi connectivity index (χ1v) is 9.84. The summed E-state index contributed by atoms with van der Waals surface area (Å²) in [5, 5.41) is 2.97. The third-order valence-corrected chi connectivity index (χ3v) is 5.15. The lowest BCUT2D eigenvalue weighted by Gasteiger charge is -2.36. The number of halogens is 3. The fourth-order valence-corrected chi connectivity index (χ4v) is 3.23. The second-order valence-corrected chi connectivity index (χ2v) is 8.51. The zero-order chi connectivity index (χ0) is 19.2. The second-order valence-electron chi connectivity index (χ2n) is 8.51. The fraction of sp³-hybridized carbons (Fsp3) is 0.667. The van der Waals surface area contributed by atoms with Crippen molar-refractivity contribution in [1.29, 1.82) is 0 Å². The van der Waals surface area contributed by atoms with Crippen molar-refractivity contribution in [3.8, 4) is 0 Å². The molecule has 0 saturated carbocycles. The van der Waals surface area contributed by atoms with Gasteiger partial charge < -0.3 is 16.0 Å². The highest BCUT2D eigenvalue weighted by Crippen LogP contribution is 2.18. The predicted octanol–water partition coefficient (Wildman–Crippen LogP) is 3.65. The van der Waals surface area contributed by atoms with Gasteiger partial charge in [-0.25, -0.2) is 0 Å². The number of anilines is 1. The van der Waals surface area contributed by atoms with Gasteiger partial charge in [0.25, 0.3) is 0 Å². The molecule has 1 heterocycles. The van der Waals surface area contributed by atoms with Crippen molar-refractivity contribution in [3.63, 3.8) is 0 Å². The Kier molecular flexibility index (Phi) is 15.0. The van der Waals surface area contributed by atoms with Gasteiger partial charge in [-0.3, -0.25) is 9.69 Å². The highest BCUT2D eigenvalue weighted by Gasteiger charge is 2.26. The molecule has 1 fully saturated rings. The summed E-state index contributed by atoms with van der Waals surface area (Å²) in [4.78, 5) is 17.0. The van der Waals surface area contributed by atoms with Crippen LogP contribution in [0.15, 0.2) is 24.3 Å². The van der Waals surface area contributed by atoms with Crippen LogP contribution in [0, 0.1) is 12.3 Å². The lowest BCUT2D eigenvalue weighted by molar-refractivity contribution is -0.124. The van der Waals surface area contributed by atoms with Crippen LogP contribution < -0.4 is 16.0 Å². The second kappa shape index (κ2) is 14.3. The normalized spacial score (nSPS) is 15.4. The lowest BCUT2D eigenvalue weighted by Crippen LogP contribution is -2.49. The number of aryl methyl sites for hydroxylation is 1. The van der Waals surface area contributed by atoms with Crippen LogP contribution in [0.1, 0.15) is 39.2 Å². The molecule has 0 aromatic heterocycles. The molecule has 0 radical (unpaired) electrons. The van der Waals surface area contributed by atoms with Crippen LogP contribution in [0.2, 0.25) is 0 Å². The third kappa shape index (κ3) is 10.2. The minimum absolute atomic E-state index is 0. The number of carbonyl (C=O) groups is 1. The molecule has 3 N–H and O–H groups in total. The van der Waals surface area contributed by atoms with E-state index < -0.39 is 6.04 Å². The molecular formula is C21H39Cl3N4O. The molecule has 1 amide bonds. The lowest BCUT2D eigenvalue weighted by atomic mass is 9.87. The van der Waals surface area contributed by atoms with Crippen LogP contribution >= 0.6 is 37.2 Å².